The Morgan fingerprint density at radius 2 is 1.50 bits per heavy atom. The second kappa shape index (κ2) is 12.9. The Labute approximate surface area is 193 Å². The third kappa shape index (κ3) is 8.88. The van der Waals surface area contributed by atoms with Crippen molar-refractivity contribution in [2.45, 2.75) is 111 Å². The van der Waals surface area contributed by atoms with Crippen molar-refractivity contribution in [3.63, 3.8) is 0 Å². The maximum absolute atomic E-state index is 13.1. The fourth-order valence-corrected chi connectivity index (χ4v) is 3.54. The van der Waals surface area contributed by atoms with E-state index in [1.54, 1.807) is 6.92 Å². The predicted octanol–water partition coefficient (Wildman–Crippen LogP) is 2.49. The number of carbonyl (C=O) groups excluding carboxylic acids is 4. The van der Waals surface area contributed by atoms with Gasteiger partial charge in [-0.1, -0.05) is 54.4 Å². The molecular weight excluding hydrogens is 410 g/mol. The zero-order valence-electron chi connectivity index (χ0n) is 20.9. The maximum atomic E-state index is 13.1. The number of unbranched alkanes of at least 4 members (excludes halogenated alkanes) is 1. The standard InChI is InChI=1S/C24H43N3O5/c1-8-10-12-17(25-23(31)20(16(5)6)27-19(28)11-9-2)22(30)26-18(13-15(3)4)21(29)24(7)14-32-24/h15-18,20H,8-14H2,1-7H3,(H,25,31)(H,26,30)(H,27,28)/t17-,18-,20+,24+/m0/s1. The lowest BCUT2D eigenvalue weighted by Crippen LogP contribution is -2.57. The van der Waals surface area contributed by atoms with Gasteiger partial charge in [0.1, 0.15) is 17.7 Å². The van der Waals surface area contributed by atoms with Gasteiger partial charge in [0.2, 0.25) is 17.7 Å². The van der Waals surface area contributed by atoms with E-state index >= 15 is 0 Å². The molecule has 0 radical (unpaired) electrons. The topological polar surface area (TPSA) is 117 Å². The SMILES string of the molecule is CCCC[C@H](NC(=O)[C@H](NC(=O)CCC)C(C)C)C(=O)N[C@@H](CC(C)C)C(=O)[C@@]1(C)CO1. The lowest BCUT2D eigenvalue weighted by Gasteiger charge is -2.27. The van der Waals surface area contributed by atoms with Crippen LogP contribution in [-0.2, 0) is 23.9 Å². The normalized spacial score (nSPS) is 20.4. The van der Waals surface area contributed by atoms with Crippen LogP contribution in [0.1, 0.15) is 87.0 Å². The predicted molar refractivity (Wildman–Crippen MR) is 124 cm³/mol. The van der Waals surface area contributed by atoms with E-state index in [1.807, 2.05) is 41.5 Å². The fraction of sp³-hybridized carbons (Fsp3) is 0.833. The molecule has 8 nitrogen and oxygen atoms in total. The van der Waals surface area contributed by atoms with Crippen LogP contribution < -0.4 is 16.0 Å². The molecule has 1 aliphatic rings. The minimum Gasteiger partial charge on any atom is -0.361 e. The quantitative estimate of drug-likeness (QED) is 0.329. The molecule has 0 aromatic carbocycles. The molecule has 0 spiro atoms. The molecule has 1 fully saturated rings. The smallest absolute Gasteiger partial charge is 0.243 e. The van der Waals surface area contributed by atoms with E-state index < -0.39 is 23.7 Å². The van der Waals surface area contributed by atoms with Gasteiger partial charge >= 0.3 is 0 Å². The number of hydrogen-bond acceptors (Lipinski definition) is 5. The molecular formula is C24H43N3O5. The molecule has 184 valence electrons. The molecule has 1 rings (SSSR count). The number of amides is 3. The van der Waals surface area contributed by atoms with Crippen LogP contribution in [0.3, 0.4) is 0 Å². The third-order valence-electron chi connectivity index (χ3n) is 5.66. The van der Waals surface area contributed by atoms with Crippen molar-refractivity contribution < 1.29 is 23.9 Å². The Morgan fingerprint density at radius 3 is 1.97 bits per heavy atom. The number of epoxide rings is 1. The highest BCUT2D eigenvalue weighted by molar-refractivity contribution is 5.98. The first-order valence-corrected chi connectivity index (χ1v) is 12.0. The van der Waals surface area contributed by atoms with Crippen LogP contribution in [-0.4, -0.2) is 53.8 Å². The molecule has 1 heterocycles. The first-order chi connectivity index (χ1) is 14.9. The van der Waals surface area contributed by atoms with Crippen LogP contribution in [0.4, 0.5) is 0 Å². The Bertz CT molecular complexity index is 658. The molecule has 4 atom stereocenters. The largest absolute Gasteiger partial charge is 0.361 e. The zero-order chi connectivity index (χ0) is 24.5. The van der Waals surface area contributed by atoms with Crippen molar-refractivity contribution in [1.82, 2.24) is 16.0 Å². The maximum Gasteiger partial charge on any atom is 0.243 e. The van der Waals surface area contributed by atoms with Gasteiger partial charge < -0.3 is 20.7 Å². The molecule has 1 saturated heterocycles. The number of nitrogens with one attached hydrogen (secondary N) is 3. The molecule has 3 amide bonds. The number of ketones is 1. The van der Waals surface area contributed by atoms with Crippen molar-refractivity contribution in [3.05, 3.63) is 0 Å². The number of ether oxygens (including phenoxy) is 1. The van der Waals surface area contributed by atoms with E-state index in [9.17, 15) is 19.2 Å². The summed E-state index contributed by atoms with van der Waals surface area (Å²) in [6.45, 7) is 13.7. The van der Waals surface area contributed by atoms with Gasteiger partial charge in [-0.2, -0.15) is 0 Å². The second-order valence-electron chi connectivity index (χ2n) is 9.82. The summed E-state index contributed by atoms with van der Waals surface area (Å²) in [4.78, 5) is 51.0. The van der Waals surface area contributed by atoms with Gasteiger partial charge in [0.25, 0.3) is 0 Å². The number of rotatable bonds is 15. The summed E-state index contributed by atoms with van der Waals surface area (Å²) >= 11 is 0. The van der Waals surface area contributed by atoms with Crippen molar-refractivity contribution in [2.24, 2.45) is 11.8 Å². The first-order valence-electron chi connectivity index (χ1n) is 12.0. The van der Waals surface area contributed by atoms with Crippen molar-refractivity contribution in [3.8, 4) is 0 Å². The number of Topliss-reactive ketones (excluding diaryl/α,β-unsaturated/α-hetero) is 1. The summed E-state index contributed by atoms with van der Waals surface area (Å²) in [6, 6.07) is -2.17. The highest BCUT2D eigenvalue weighted by Gasteiger charge is 2.50. The van der Waals surface area contributed by atoms with Crippen LogP contribution in [0.15, 0.2) is 0 Å². The third-order valence-corrected chi connectivity index (χ3v) is 5.66. The Hall–Kier alpha value is -1.96. The second-order valence-corrected chi connectivity index (χ2v) is 9.82. The Balaban J connectivity index is 2.93. The lowest BCUT2D eigenvalue weighted by molar-refractivity contribution is -0.135. The van der Waals surface area contributed by atoms with E-state index in [0.717, 1.165) is 12.8 Å². The molecule has 0 bridgehead atoms. The summed E-state index contributed by atoms with van der Waals surface area (Å²) < 4.78 is 5.30. The summed E-state index contributed by atoms with van der Waals surface area (Å²) in [5.41, 5.74) is -0.832. The Kier molecular flexibility index (Phi) is 11.3. The minimum absolute atomic E-state index is 0.132. The summed E-state index contributed by atoms with van der Waals surface area (Å²) in [5, 5.41) is 8.47. The first kappa shape index (κ1) is 28.1. The van der Waals surface area contributed by atoms with Crippen LogP contribution in [0.5, 0.6) is 0 Å². The van der Waals surface area contributed by atoms with Crippen LogP contribution in [0, 0.1) is 11.8 Å². The molecule has 0 saturated carbocycles. The molecule has 0 aromatic rings. The van der Waals surface area contributed by atoms with E-state index in [2.05, 4.69) is 16.0 Å². The molecule has 0 unspecified atom stereocenters. The van der Waals surface area contributed by atoms with E-state index in [-0.39, 0.29) is 35.3 Å². The van der Waals surface area contributed by atoms with Crippen LogP contribution in [0.25, 0.3) is 0 Å². The molecule has 0 aromatic heterocycles. The number of carbonyl (C=O) groups is 4. The van der Waals surface area contributed by atoms with Crippen molar-refractivity contribution in [2.75, 3.05) is 6.61 Å². The fourth-order valence-electron chi connectivity index (χ4n) is 3.54. The van der Waals surface area contributed by atoms with Gasteiger partial charge in [0.05, 0.1) is 12.6 Å². The van der Waals surface area contributed by atoms with Gasteiger partial charge in [-0.25, -0.2) is 0 Å². The van der Waals surface area contributed by atoms with Crippen LogP contribution in [0.2, 0.25) is 0 Å². The minimum atomic E-state index is -0.832. The van der Waals surface area contributed by atoms with Gasteiger partial charge in [-0.3, -0.25) is 19.2 Å². The van der Waals surface area contributed by atoms with Crippen molar-refractivity contribution in [1.29, 1.82) is 0 Å². The van der Waals surface area contributed by atoms with Gasteiger partial charge in [-0.15, -0.1) is 0 Å². The molecule has 0 aliphatic carbocycles. The van der Waals surface area contributed by atoms with E-state index in [0.29, 0.717) is 32.3 Å². The number of hydrogen-bond donors (Lipinski definition) is 3. The summed E-state index contributed by atoms with van der Waals surface area (Å²) in [6.07, 6.45) is 3.60. The molecule has 8 heteroatoms. The highest BCUT2D eigenvalue weighted by atomic mass is 16.6. The average Bonchev–Trinajstić information content (AvgIpc) is 3.46. The molecule has 32 heavy (non-hydrogen) atoms. The lowest BCUT2D eigenvalue weighted by atomic mass is 9.93. The van der Waals surface area contributed by atoms with Gasteiger partial charge in [-0.05, 0) is 38.0 Å². The average molecular weight is 454 g/mol. The zero-order valence-corrected chi connectivity index (χ0v) is 20.9. The summed E-state index contributed by atoms with van der Waals surface area (Å²) in [7, 11) is 0. The van der Waals surface area contributed by atoms with Gasteiger partial charge in [0, 0.05) is 6.42 Å². The monoisotopic (exact) mass is 453 g/mol. The van der Waals surface area contributed by atoms with Crippen molar-refractivity contribution >= 4 is 23.5 Å². The van der Waals surface area contributed by atoms with Crippen LogP contribution >= 0.6 is 0 Å². The molecule has 1 aliphatic heterocycles. The Morgan fingerprint density at radius 1 is 0.906 bits per heavy atom. The van der Waals surface area contributed by atoms with E-state index in [4.69, 9.17) is 4.74 Å². The van der Waals surface area contributed by atoms with Gasteiger partial charge in [0.15, 0.2) is 5.78 Å². The highest BCUT2D eigenvalue weighted by Crippen LogP contribution is 2.29. The van der Waals surface area contributed by atoms with E-state index in [1.165, 1.54) is 0 Å². The summed E-state index contributed by atoms with van der Waals surface area (Å²) in [5.74, 6) is -1.01. The molecule has 3 N–H and O–H groups in total.